The highest BCUT2D eigenvalue weighted by atomic mass is 15.2. The number of rotatable bonds is 3. The van der Waals surface area contributed by atoms with Gasteiger partial charge in [-0.05, 0) is 30.4 Å². The summed E-state index contributed by atoms with van der Waals surface area (Å²) in [7, 11) is 0. The number of aromatic nitrogens is 3. The van der Waals surface area contributed by atoms with Gasteiger partial charge in [0.05, 0.1) is 6.04 Å². The van der Waals surface area contributed by atoms with E-state index in [-0.39, 0.29) is 12.0 Å². The molecule has 1 aromatic heterocycles. The highest BCUT2D eigenvalue weighted by Gasteiger charge is 2.30. The fraction of sp³-hybridized carbons (Fsp3) is 0.438. The van der Waals surface area contributed by atoms with Crippen LogP contribution < -0.4 is 11.1 Å². The van der Waals surface area contributed by atoms with Crippen molar-refractivity contribution in [3.05, 3.63) is 40.7 Å². The lowest BCUT2D eigenvalue weighted by Crippen LogP contribution is -2.17. The predicted octanol–water partition coefficient (Wildman–Crippen LogP) is 2.67. The van der Waals surface area contributed by atoms with E-state index in [2.05, 4.69) is 52.3 Å². The van der Waals surface area contributed by atoms with Crippen LogP contribution >= 0.6 is 0 Å². The second-order valence-corrected chi connectivity index (χ2v) is 5.79. The molecule has 21 heavy (non-hydrogen) atoms. The van der Waals surface area contributed by atoms with E-state index in [1.807, 2.05) is 6.92 Å². The summed E-state index contributed by atoms with van der Waals surface area (Å²) >= 11 is 0. The number of nitrogens with one attached hydrogen (secondary N) is 1. The summed E-state index contributed by atoms with van der Waals surface area (Å²) in [6, 6.07) is 6.87. The summed E-state index contributed by atoms with van der Waals surface area (Å²) in [6.45, 7) is 6.38. The average molecular weight is 283 g/mol. The van der Waals surface area contributed by atoms with Gasteiger partial charge in [-0.15, -0.1) is 0 Å². The van der Waals surface area contributed by atoms with Crippen LogP contribution in [-0.2, 0) is 12.8 Å². The van der Waals surface area contributed by atoms with Crippen molar-refractivity contribution in [2.45, 2.75) is 39.7 Å². The molecule has 0 spiro atoms. The molecule has 5 heteroatoms. The minimum absolute atomic E-state index is 0.228. The Balaban J connectivity index is 1.92. The molecule has 2 atom stereocenters. The van der Waals surface area contributed by atoms with Gasteiger partial charge in [0, 0.05) is 6.42 Å². The SMILES string of the molecule is CCc1nc(N)nc(NC2c3cc(C)ccc3CC2C)n1. The highest BCUT2D eigenvalue weighted by Crippen LogP contribution is 2.38. The molecule has 110 valence electrons. The van der Waals surface area contributed by atoms with Crippen molar-refractivity contribution in [3.8, 4) is 0 Å². The van der Waals surface area contributed by atoms with Crippen molar-refractivity contribution in [1.29, 1.82) is 0 Å². The van der Waals surface area contributed by atoms with E-state index in [4.69, 9.17) is 5.73 Å². The zero-order chi connectivity index (χ0) is 15.0. The number of nitrogens with two attached hydrogens (primary N) is 1. The molecular weight excluding hydrogens is 262 g/mol. The second kappa shape index (κ2) is 5.31. The van der Waals surface area contributed by atoms with E-state index in [1.165, 1.54) is 16.7 Å². The van der Waals surface area contributed by atoms with Crippen molar-refractivity contribution < 1.29 is 0 Å². The van der Waals surface area contributed by atoms with E-state index >= 15 is 0 Å². The largest absolute Gasteiger partial charge is 0.368 e. The van der Waals surface area contributed by atoms with Gasteiger partial charge in [0.1, 0.15) is 5.82 Å². The Morgan fingerprint density at radius 3 is 2.86 bits per heavy atom. The molecule has 0 saturated heterocycles. The van der Waals surface area contributed by atoms with Crippen LogP contribution in [0.3, 0.4) is 0 Å². The van der Waals surface area contributed by atoms with Gasteiger partial charge >= 0.3 is 0 Å². The number of fused-ring (bicyclic) bond motifs is 1. The van der Waals surface area contributed by atoms with Gasteiger partial charge in [-0.25, -0.2) is 0 Å². The van der Waals surface area contributed by atoms with Crippen LogP contribution in [0, 0.1) is 12.8 Å². The van der Waals surface area contributed by atoms with E-state index < -0.39 is 0 Å². The van der Waals surface area contributed by atoms with E-state index in [9.17, 15) is 0 Å². The van der Waals surface area contributed by atoms with Gasteiger partial charge in [0.2, 0.25) is 11.9 Å². The standard InChI is InChI=1S/C16H21N5/c1-4-13-18-15(17)21-16(19-13)20-14-10(3)8-11-6-5-9(2)7-12(11)14/h5-7,10,14H,4,8H2,1-3H3,(H3,17,18,19,20,21). The quantitative estimate of drug-likeness (QED) is 0.905. The van der Waals surface area contributed by atoms with Crippen LogP contribution in [0.15, 0.2) is 18.2 Å². The molecule has 1 aliphatic carbocycles. The zero-order valence-corrected chi connectivity index (χ0v) is 12.7. The maximum absolute atomic E-state index is 5.76. The Morgan fingerprint density at radius 1 is 1.29 bits per heavy atom. The summed E-state index contributed by atoms with van der Waals surface area (Å²) in [6.07, 6.45) is 1.83. The van der Waals surface area contributed by atoms with Gasteiger partial charge < -0.3 is 11.1 Å². The number of nitrogens with zero attached hydrogens (tertiary/aromatic N) is 3. The first-order chi connectivity index (χ1) is 10.1. The van der Waals surface area contributed by atoms with E-state index in [0.29, 0.717) is 11.9 Å². The van der Waals surface area contributed by atoms with Gasteiger partial charge in [-0.3, -0.25) is 0 Å². The normalized spacial score (nSPS) is 20.3. The minimum atomic E-state index is 0.228. The smallest absolute Gasteiger partial charge is 0.228 e. The number of anilines is 2. The van der Waals surface area contributed by atoms with E-state index in [1.54, 1.807) is 0 Å². The summed E-state index contributed by atoms with van der Waals surface area (Å²) in [4.78, 5) is 12.8. The van der Waals surface area contributed by atoms with Gasteiger partial charge in [0.15, 0.2) is 0 Å². The third-order valence-electron chi connectivity index (χ3n) is 4.05. The van der Waals surface area contributed by atoms with Crippen LogP contribution in [0.25, 0.3) is 0 Å². The molecule has 0 fully saturated rings. The fourth-order valence-corrected chi connectivity index (χ4v) is 2.98. The highest BCUT2D eigenvalue weighted by molar-refractivity contribution is 5.44. The summed E-state index contributed by atoms with van der Waals surface area (Å²) < 4.78 is 0. The minimum Gasteiger partial charge on any atom is -0.368 e. The third-order valence-corrected chi connectivity index (χ3v) is 4.05. The average Bonchev–Trinajstić information content (AvgIpc) is 2.74. The van der Waals surface area contributed by atoms with Gasteiger partial charge in [-0.1, -0.05) is 37.6 Å². The number of aryl methyl sites for hydroxylation is 2. The Bertz CT molecular complexity index is 668. The first kappa shape index (κ1) is 13.8. The molecule has 2 unspecified atom stereocenters. The predicted molar refractivity (Wildman–Crippen MR) is 84.0 cm³/mol. The lowest BCUT2D eigenvalue weighted by molar-refractivity contribution is 0.538. The van der Waals surface area contributed by atoms with Crippen LogP contribution in [0.1, 0.15) is 42.4 Å². The third kappa shape index (κ3) is 2.68. The van der Waals surface area contributed by atoms with Crippen LogP contribution in [0.5, 0.6) is 0 Å². The van der Waals surface area contributed by atoms with Crippen molar-refractivity contribution in [3.63, 3.8) is 0 Å². The molecule has 2 aromatic rings. The molecule has 3 N–H and O–H groups in total. The summed E-state index contributed by atoms with van der Waals surface area (Å²) in [5.74, 6) is 2.08. The van der Waals surface area contributed by atoms with Crippen LogP contribution in [0.4, 0.5) is 11.9 Å². The maximum Gasteiger partial charge on any atom is 0.228 e. The maximum atomic E-state index is 5.76. The number of hydrogen-bond donors (Lipinski definition) is 2. The molecule has 1 aliphatic rings. The first-order valence-electron chi connectivity index (χ1n) is 7.43. The summed E-state index contributed by atoms with van der Waals surface area (Å²) in [5, 5.41) is 3.45. The Morgan fingerprint density at radius 2 is 2.10 bits per heavy atom. The van der Waals surface area contributed by atoms with E-state index in [0.717, 1.165) is 18.7 Å². The number of benzene rings is 1. The number of nitrogen functional groups attached to an aromatic ring is 1. The number of hydrogen-bond acceptors (Lipinski definition) is 5. The van der Waals surface area contributed by atoms with Crippen LogP contribution in [0.2, 0.25) is 0 Å². The Hall–Kier alpha value is -2.17. The molecule has 5 nitrogen and oxygen atoms in total. The monoisotopic (exact) mass is 283 g/mol. The lowest BCUT2D eigenvalue weighted by atomic mass is 10.0. The second-order valence-electron chi connectivity index (χ2n) is 5.79. The molecule has 0 saturated carbocycles. The van der Waals surface area contributed by atoms with Gasteiger partial charge in [0.25, 0.3) is 0 Å². The molecule has 1 aromatic carbocycles. The zero-order valence-electron chi connectivity index (χ0n) is 12.7. The van der Waals surface area contributed by atoms with Crippen LogP contribution in [-0.4, -0.2) is 15.0 Å². The lowest BCUT2D eigenvalue weighted by Gasteiger charge is -2.19. The first-order valence-corrected chi connectivity index (χ1v) is 7.43. The van der Waals surface area contributed by atoms with Crippen molar-refractivity contribution in [1.82, 2.24) is 15.0 Å². The molecule has 0 aliphatic heterocycles. The molecule has 0 bridgehead atoms. The fourth-order valence-electron chi connectivity index (χ4n) is 2.98. The molecule has 1 heterocycles. The topological polar surface area (TPSA) is 76.7 Å². The molecular formula is C16H21N5. The summed E-state index contributed by atoms with van der Waals surface area (Å²) in [5.41, 5.74) is 9.79. The molecule has 3 rings (SSSR count). The Kier molecular flexibility index (Phi) is 3.49. The molecule has 0 radical (unpaired) electrons. The Labute approximate surface area is 125 Å². The van der Waals surface area contributed by atoms with Gasteiger partial charge in [-0.2, -0.15) is 15.0 Å². The molecule has 0 amide bonds. The van der Waals surface area contributed by atoms with Crippen molar-refractivity contribution in [2.24, 2.45) is 5.92 Å². The van der Waals surface area contributed by atoms with Crippen molar-refractivity contribution in [2.75, 3.05) is 11.1 Å². The van der Waals surface area contributed by atoms with Crippen molar-refractivity contribution >= 4 is 11.9 Å².